The molecule has 10 heteroatoms. The number of hydrogen-bond acceptors (Lipinski definition) is 8. The van der Waals surface area contributed by atoms with Crippen LogP contribution in [0.1, 0.15) is 65.2 Å². The molecular formula is C35H48N4O5Si. The van der Waals surface area contributed by atoms with Crippen LogP contribution in [0.4, 0.5) is 0 Å². The molecule has 242 valence electrons. The predicted molar refractivity (Wildman–Crippen MR) is 179 cm³/mol. The lowest BCUT2D eigenvalue weighted by atomic mass is 10.1. The molecule has 5 rings (SSSR count). The zero-order valence-corrected chi connectivity index (χ0v) is 28.6. The number of ether oxygens (including phenoxy) is 4. The Balaban J connectivity index is 1.23. The summed E-state index contributed by atoms with van der Waals surface area (Å²) >= 11 is 0. The van der Waals surface area contributed by atoms with E-state index >= 15 is 0 Å². The first-order chi connectivity index (χ1) is 21.6. The molecule has 0 spiro atoms. The van der Waals surface area contributed by atoms with Gasteiger partial charge in [-0.05, 0) is 74.1 Å². The van der Waals surface area contributed by atoms with Crippen LogP contribution in [0.15, 0.2) is 60.8 Å². The van der Waals surface area contributed by atoms with Crippen LogP contribution in [-0.4, -0.2) is 60.6 Å². The standard InChI is InChI=1S/C35H48N4O5Si/c1-26(43-25-27-13-8-7-9-14-27)24-40-20-12-22-42-34-36-19-18-30(37-34)33-29-23-28(44-45(5,6)35(2,3)4)16-17-31(29)39(38-33)32-15-10-11-21-41-32/h7-9,13-14,16-19,23,26,32H,10-12,15,20-22,24-25H2,1-6H3/t26-,32?/m0/s1. The third-order valence-corrected chi connectivity index (χ3v) is 12.9. The second-order valence-corrected chi connectivity index (χ2v) is 18.0. The molecular weight excluding hydrogens is 584 g/mol. The Kier molecular flexibility index (Phi) is 10.9. The molecule has 2 atom stereocenters. The van der Waals surface area contributed by atoms with Crippen LogP contribution < -0.4 is 9.16 Å². The van der Waals surface area contributed by atoms with Crippen LogP contribution in [0.25, 0.3) is 22.3 Å². The van der Waals surface area contributed by atoms with Gasteiger partial charge in [0.1, 0.15) is 11.4 Å². The molecule has 0 N–H and O–H groups in total. The van der Waals surface area contributed by atoms with Gasteiger partial charge in [-0.15, -0.1) is 0 Å². The van der Waals surface area contributed by atoms with Crippen molar-refractivity contribution in [1.29, 1.82) is 0 Å². The molecule has 0 amide bonds. The van der Waals surface area contributed by atoms with Gasteiger partial charge in [0.25, 0.3) is 0 Å². The second-order valence-electron chi connectivity index (χ2n) is 13.3. The van der Waals surface area contributed by atoms with E-state index in [2.05, 4.69) is 69.2 Å². The van der Waals surface area contributed by atoms with Gasteiger partial charge in [-0.1, -0.05) is 51.1 Å². The largest absolute Gasteiger partial charge is 0.543 e. The minimum absolute atomic E-state index is 0.00701. The number of fused-ring (bicyclic) bond motifs is 1. The van der Waals surface area contributed by atoms with Crippen molar-refractivity contribution in [1.82, 2.24) is 19.7 Å². The second kappa shape index (κ2) is 14.9. The van der Waals surface area contributed by atoms with Gasteiger partial charge >= 0.3 is 6.01 Å². The maximum absolute atomic E-state index is 6.67. The van der Waals surface area contributed by atoms with Crippen molar-refractivity contribution >= 4 is 19.2 Å². The van der Waals surface area contributed by atoms with Crippen molar-refractivity contribution in [2.75, 3.05) is 26.4 Å². The zero-order chi connectivity index (χ0) is 31.9. The van der Waals surface area contributed by atoms with Crippen LogP contribution in [0.3, 0.4) is 0 Å². The molecule has 2 aromatic carbocycles. The van der Waals surface area contributed by atoms with Gasteiger partial charge in [0.05, 0.1) is 37.1 Å². The first kappa shape index (κ1) is 33.1. The summed E-state index contributed by atoms with van der Waals surface area (Å²) in [4.78, 5) is 9.11. The Morgan fingerprint density at radius 3 is 2.62 bits per heavy atom. The smallest absolute Gasteiger partial charge is 0.316 e. The number of rotatable bonds is 14. The average Bonchev–Trinajstić information content (AvgIpc) is 3.41. The third kappa shape index (κ3) is 8.69. The molecule has 4 aromatic rings. The van der Waals surface area contributed by atoms with Crippen molar-refractivity contribution in [3.8, 4) is 23.1 Å². The summed E-state index contributed by atoms with van der Waals surface area (Å²) in [7, 11) is -2.03. The summed E-state index contributed by atoms with van der Waals surface area (Å²) < 4.78 is 32.4. The topological polar surface area (TPSA) is 89.8 Å². The van der Waals surface area contributed by atoms with Gasteiger partial charge in [0, 0.05) is 31.2 Å². The van der Waals surface area contributed by atoms with E-state index in [1.54, 1.807) is 6.20 Å². The average molecular weight is 633 g/mol. The fourth-order valence-corrected chi connectivity index (χ4v) is 5.96. The lowest BCUT2D eigenvalue weighted by molar-refractivity contribution is -0.0365. The SMILES string of the molecule is C[C@@H](COCCCOc1nccc(-c2nn(C3CCCCO3)c3ccc(O[Si](C)(C)C(C)(C)C)cc23)n1)OCc1ccccc1. The fraction of sp³-hybridized carbons (Fsp3) is 0.514. The molecule has 1 aliphatic rings. The maximum atomic E-state index is 6.67. The molecule has 1 aliphatic heterocycles. The normalized spacial score (nSPS) is 16.5. The van der Waals surface area contributed by atoms with Crippen LogP contribution >= 0.6 is 0 Å². The first-order valence-corrected chi connectivity index (χ1v) is 19.0. The van der Waals surface area contributed by atoms with Crippen molar-refractivity contribution in [3.05, 3.63) is 66.4 Å². The molecule has 0 bridgehead atoms. The Morgan fingerprint density at radius 2 is 1.87 bits per heavy atom. The van der Waals surface area contributed by atoms with Crippen LogP contribution in [0, 0.1) is 0 Å². The lowest BCUT2D eigenvalue weighted by Gasteiger charge is -2.36. The summed E-state index contributed by atoms with van der Waals surface area (Å²) in [5.74, 6) is 0.852. The predicted octanol–water partition coefficient (Wildman–Crippen LogP) is 7.97. The number of nitrogens with zero attached hydrogens (tertiary/aromatic N) is 4. The molecule has 9 nitrogen and oxygen atoms in total. The number of aromatic nitrogens is 4. The Morgan fingerprint density at radius 1 is 1.04 bits per heavy atom. The summed E-state index contributed by atoms with van der Waals surface area (Å²) in [6.07, 6.45) is 5.45. The molecule has 45 heavy (non-hydrogen) atoms. The summed E-state index contributed by atoms with van der Waals surface area (Å²) in [6.45, 7) is 16.1. The van der Waals surface area contributed by atoms with Gasteiger partial charge in [0.2, 0.25) is 8.32 Å². The van der Waals surface area contributed by atoms with Gasteiger partial charge in [0.15, 0.2) is 6.23 Å². The van der Waals surface area contributed by atoms with E-state index in [1.165, 1.54) is 0 Å². The number of benzene rings is 2. The van der Waals surface area contributed by atoms with E-state index in [1.807, 2.05) is 35.9 Å². The minimum Gasteiger partial charge on any atom is -0.543 e. The minimum atomic E-state index is -2.03. The summed E-state index contributed by atoms with van der Waals surface area (Å²) in [5.41, 5.74) is 3.62. The van der Waals surface area contributed by atoms with Crippen molar-refractivity contribution in [2.45, 2.75) is 90.4 Å². The maximum Gasteiger partial charge on any atom is 0.316 e. The summed E-state index contributed by atoms with van der Waals surface area (Å²) in [5, 5.41) is 6.11. The van der Waals surface area contributed by atoms with E-state index in [0.717, 1.165) is 53.8 Å². The molecule has 1 fully saturated rings. The van der Waals surface area contributed by atoms with E-state index in [4.69, 9.17) is 33.5 Å². The van der Waals surface area contributed by atoms with Crippen LogP contribution in [0.2, 0.25) is 18.1 Å². The van der Waals surface area contributed by atoms with Gasteiger partial charge in [-0.2, -0.15) is 10.1 Å². The Labute approximate surface area is 268 Å². The van der Waals surface area contributed by atoms with Crippen LogP contribution in [-0.2, 0) is 20.8 Å². The highest BCUT2D eigenvalue weighted by atomic mass is 28.4. The highest BCUT2D eigenvalue weighted by Crippen LogP contribution is 2.39. The van der Waals surface area contributed by atoms with Crippen molar-refractivity contribution in [3.63, 3.8) is 0 Å². The lowest BCUT2D eigenvalue weighted by Crippen LogP contribution is -2.43. The van der Waals surface area contributed by atoms with Gasteiger partial charge in [-0.3, -0.25) is 0 Å². The third-order valence-electron chi connectivity index (χ3n) is 8.56. The summed E-state index contributed by atoms with van der Waals surface area (Å²) in [6, 6.07) is 18.6. The monoisotopic (exact) mass is 632 g/mol. The van der Waals surface area contributed by atoms with Gasteiger partial charge in [-0.25, -0.2) is 9.67 Å². The fourth-order valence-electron chi connectivity index (χ4n) is 4.93. The molecule has 0 aliphatic carbocycles. The molecule has 1 unspecified atom stereocenters. The molecule has 0 saturated carbocycles. The number of hydrogen-bond donors (Lipinski definition) is 0. The van der Waals surface area contributed by atoms with Crippen molar-refractivity contribution in [2.24, 2.45) is 0 Å². The Bertz CT molecular complexity index is 1520. The van der Waals surface area contributed by atoms with E-state index in [-0.39, 0.29) is 17.4 Å². The molecule has 2 aromatic heterocycles. The highest BCUT2D eigenvalue weighted by molar-refractivity contribution is 6.74. The molecule has 0 radical (unpaired) electrons. The quantitative estimate of drug-likeness (QED) is 0.102. The van der Waals surface area contributed by atoms with Crippen LogP contribution in [0.5, 0.6) is 11.8 Å². The zero-order valence-electron chi connectivity index (χ0n) is 27.6. The van der Waals surface area contributed by atoms with E-state index in [0.29, 0.717) is 44.6 Å². The van der Waals surface area contributed by atoms with Crippen molar-refractivity contribution < 1.29 is 23.4 Å². The van der Waals surface area contributed by atoms with E-state index in [9.17, 15) is 0 Å². The first-order valence-electron chi connectivity index (χ1n) is 16.1. The Hall–Kier alpha value is -3.31. The van der Waals surface area contributed by atoms with Gasteiger partial charge < -0.3 is 23.4 Å². The molecule has 1 saturated heterocycles. The van der Waals surface area contributed by atoms with E-state index < -0.39 is 8.32 Å². The molecule has 3 heterocycles. The highest BCUT2D eigenvalue weighted by Gasteiger charge is 2.39.